The summed E-state index contributed by atoms with van der Waals surface area (Å²) in [5.74, 6) is 2.47. The Bertz CT molecular complexity index is 3110. The quantitative estimate of drug-likeness (QED) is 0.116. The highest BCUT2D eigenvalue weighted by molar-refractivity contribution is 6.11. The van der Waals surface area contributed by atoms with Crippen molar-refractivity contribution in [2.45, 2.75) is 87.5 Å². The Labute approximate surface area is 397 Å². The first-order valence-electron chi connectivity index (χ1n) is 25.0. The molecular weight excluding hydrogens is 809 g/mol. The number of nitrogens with zero attached hydrogens (tertiary/aromatic N) is 2. The molecule has 1 aliphatic rings. The van der Waals surface area contributed by atoms with Crippen molar-refractivity contribution >= 4 is 43.6 Å². The SMILES string of the molecule is CC(C)Cc1ccc2c(c1)c1cc(CC(C)C)ccc1n2-c1ccc(-c2ccc3c(c2)-c2cc(-c4ccc(-n5c6ccc(CC(C)C)cc6c6cc(CC(C)C)ccc65)cc4)ccc2C3)cc1. The molecule has 2 aromatic heterocycles. The summed E-state index contributed by atoms with van der Waals surface area (Å²) in [6.45, 7) is 18.5. The van der Waals surface area contributed by atoms with E-state index < -0.39 is 0 Å². The maximum absolute atomic E-state index is 2.47. The van der Waals surface area contributed by atoms with Crippen molar-refractivity contribution in [2.24, 2.45) is 23.7 Å². The normalized spacial score (nSPS) is 12.6. The third kappa shape index (κ3) is 8.09. The van der Waals surface area contributed by atoms with Gasteiger partial charge >= 0.3 is 0 Å². The van der Waals surface area contributed by atoms with Gasteiger partial charge in [0, 0.05) is 32.9 Å². The molecule has 0 fully saturated rings. The number of aromatic nitrogens is 2. The minimum atomic E-state index is 0.619. The summed E-state index contributed by atoms with van der Waals surface area (Å²) in [6, 6.07) is 61.2. The molecule has 2 nitrogen and oxygen atoms in total. The summed E-state index contributed by atoms with van der Waals surface area (Å²) in [7, 11) is 0. The fourth-order valence-corrected chi connectivity index (χ4v) is 11.3. The van der Waals surface area contributed by atoms with Gasteiger partial charge in [0.25, 0.3) is 0 Å². The van der Waals surface area contributed by atoms with Gasteiger partial charge in [-0.1, -0.05) is 128 Å². The zero-order valence-electron chi connectivity index (χ0n) is 40.8. The number of benzene rings is 8. The number of fused-ring (bicyclic) bond motifs is 9. The fraction of sp³-hybridized carbons (Fsp3) is 0.262. The Morgan fingerprint density at radius 1 is 0.313 bits per heavy atom. The summed E-state index contributed by atoms with van der Waals surface area (Å²) in [6.07, 6.45) is 5.33. The van der Waals surface area contributed by atoms with Crippen LogP contribution in [0.2, 0.25) is 0 Å². The molecule has 0 N–H and O–H groups in total. The van der Waals surface area contributed by atoms with Crippen LogP contribution in [-0.2, 0) is 32.1 Å². The van der Waals surface area contributed by atoms with E-state index in [9.17, 15) is 0 Å². The van der Waals surface area contributed by atoms with E-state index >= 15 is 0 Å². The molecule has 0 saturated carbocycles. The summed E-state index contributed by atoms with van der Waals surface area (Å²) in [5, 5.41) is 5.41. The monoisotopic (exact) mass is 873 g/mol. The second-order valence-electron chi connectivity index (χ2n) is 21.5. The maximum atomic E-state index is 2.47. The maximum Gasteiger partial charge on any atom is 0.0541 e. The van der Waals surface area contributed by atoms with E-state index in [0.29, 0.717) is 23.7 Å². The molecule has 1 aliphatic carbocycles. The molecule has 0 amide bonds. The van der Waals surface area contributed by atoms with E-state index in [1.807, 2.05) is 0 Å². The van der Waals surface area contributed by atoms with Crippen LogP contribution in [-0.4, -0.2) is 9.13 Å². The highest BCUT2D eigenvalue weighted by Gasteiger charge is 2.21. The van der Waals surface area contributed by atoms with Crippen molar-refractivity contribution in [2.75, 3.05) is 0 Å². The molecule has 11 rings (SSSR count). The van der Waals surface area contributed by atoms with Crippen LogP contribution in [0.3, 0.4) is 0 Å². The van der Waals surface area contributed by atoms with Crippen LogP contribution in [0.5, 0.6) is 0 Å². The second kappa shape index (κ2) is 17.2. The molecule has 0 unspecified atom stereocenters. The first-order valence-corrected chi connectivity index (χ1v) is 25.0. The van der Waals surface area contributed by atoms with E-state index in [2.05, 4.69) is 222 Å². The molecule has 0 spiro atoms. The van der Waals surface area contributed by atoms with Gasteiger partial charge in [0.2, 0.25) is 0 Å². The molecule has 334 valence electrons. The molecular formula is C65H64N2. The molecule has 8 aromatic carbocycles. The lowest BCUT2D eigenvalue weighted by Crippen LogP contribution is -1.96. The molecule has 67 heavy (non-hydrogen) atoms. The molecule has 0 radical (unpaired) electrons. The van der Waals surface area contributed by atoms with Crippen LogP contribution in [0, 0.1) is 23.7 Å². The third-order valence-corrected chi connectivity index (χ3v) is 14.2. The van der Waals surface area contributed by atoms with E-state index in [4.69, 9.17) is 0 Å². The van der Waals surface area contributed by atoms with E-state index in [1.165, 1.54) is 122 Å². The Kier molecular flexibility index (Phi) is 11.0. The van der Waals surface area contributed by atoms with Crippen molar-refractivity contribution in [3.63, 3.8) is 0 Å². The van der Waals surface area contributed by atoms with Crippen LogP contribution < -0.4 is 0 Å². The van der Waals surface area contributed by atoms with Gasteiger partial charge in [-0.25, -0.2) is 0 Å². The lowest BCUT2D eigenvalue weighted by Gasteiger charge is -2.12. The molecule has 0 atom stereocenters. The van der Waals surface area contributed by atoms with E-state index in [0.717, 1.165) is 32.1 Å². The fourth-order valence-electron chi connectivity index (χ4n) is 11.3. The van der Waals surface area contributed by atoms with Gasteiger partial charge < -0.3 is 9.13 Å². The molecule has 0 aliphatic heterocycles. The second-order valence-corrected chi connectivity index (χ2v) is 21.5. The predicted molar refractivity (Wildman–Crippen MR) is 288 cm³/mol. The lowest BCUT2D eigenvalue weighted by molar-refractivity contribution is 0.647. The van der Waals surface area contributed by atoms with Gasteiger partial charge in [-0.15, -0.1) is 0 Å². The van der Waals surface area contributed by atoms with Crippen LogP contribution in [0.4, 0.5) is 0 Å². The first-order chi connectivity index (χ1) is 32.4. The third-order valence-electron chi connectivity index (χ3n) is 14.2. The summed E-state index contributed by atoms with van der Waals surface area (Å²) >= 11 is 0. The van der Waals surface area contributed by atoms with Crippen molar-refractivity contribution in [3.8, 4) is 44.8 Å². The number of hydrogen-bond acceptors (Lipinski definition) is 0. The predicted octanol–water partition coefficient (Wildman–Crippen LogP) is 17.6. The average molecular weight is 873 g/mol. The van der Waals surface area contributed by atoms with Gasteiger partial charge in [0.15, 0.2) is 0 Å². The Balaban J connectivity index is 0.903. The minimum Gasteiger partial charge on any atom is -0.309 e. The van der Waals surface area contributed by atoms with Gasteiger partial charge in [-0.2, -0.15) is 0 Å². The molecule has 2 heteroatoms. The van der Waals surface area contributed by atoms with Crippen molar-refractivity contribution in [3.05, 3.63) is 191 Å². The molecule has 0 bridgehead atoms. The highest BCUT2D eigenvalue weighted by Crippen LogP contribution is 2.42. The topological polar surface area (TPSA) is 9.86 Å². The number of hydrogen-bond donors (Lipinski definition) is 0. The average Bonchev–Trinajstić information content (AvgIpc) is 3.94. The summed E-state index contributed by atoms with van der Waals surface area (Å²) < 4.78 is 4.94. The largest absolute Gasteiger partial charge is 0.309 e. The summed E-state index contributed by atoms with van der Waals surface area (Å²) in [4.78, 5) is 0. The Morgan fingerprint density at radius 3 is 0.881 bits per heavy atom. The van der Waals surface area contributed by atoms with Crippen LogP contribution >= 0.6 is 0 Å². The summed E-state index contributed by atoms with van der Waals surface area (Å²) in [5.41, 5.74) is 23.6. The Hall–Kier alpha value is -6.64. The zero-order valence-corrected chi connectivity index (χ0v) is 40.8. The van der Waals surface area contributed by atoms with Crippen LogP contribution in [0.15, 0.2) is 158 Å². The van der Waals surface area contributed by atoms with E-state index in [-0.39, 0.29) is 0 Å². The van der Waals surface area contributed by atoms with Crippen LogP contribution in [0.1, 0.15) is 88.8 Å². The van der Waals surface area contributed by atoms with Gasteiger partial charge in [0.05, 0.1) is 22.1 Å². The zero-order chi connectivity index (χ0) is 46.1. The van der Waals surface area contributed by atoms with Gasteiger partial charge in [-0.05, 0) is 207 Å². The number of rotatable bonds is 12. The van der Waals surface area contributed by atoms with Gasteiger partial charge in [0.1, 0.15) is 0 Å². The van der Waals surface area contributed by atoms with Gasteiger partial charge in [-0.3, -0.25) is 0 Å². The van der Waals surface area contributed by atoms with Crippen LogP contribution in [0.25, 0.3) is 88.4 Å². The minimum absolute atomic E-state index is 0.619. The first kappa shape index (κ1) is 43.0. The van der Waals surface area contributed by atoms with Crippen molar-refractivity contribution in [1.29, 1.82) is 0 Å². The molecule has 10 aromatic rings. The Morgan fingerprint density at radius 2 is 0.597 bits per heavy atom. The standard InChI is InChI=1S/C65H64N2/c1-40(2)29-44-9-25-62-58(33-44)59-34-45(30-41(3)4)10-26-63(59)66(62)54-21-17-48(18-22-54)50-13-15-52-37-53-16-14-51(39-57(53)56(52)38-50)49-19-23-55(24-20-49)67-64-27-11-46(31-42(5)6)35-60(64)61-36-47(32-43(7)8)12-28-65(61)67/h9-28,33-36,38-43H,29-32,37H2,1-8H3. The van der Waals surface area contributed by atoms with Crippen molar-refractivity contribution < 1.29 is 0 Å². The smallest absolute Gasteiger partial charge is 0.0541 e. The molecule has 2 heterocycles. The highest BCUT2D eigenvalue weighted by atomic mass is 15.0. The molecule has 0 saturated heterocycles. The lowest BCUT2D eigenvalue weighted by atomic mass is 9.96. The van der Waals surface area contributed by atoms with Crippen molar-refractivity contribution in [1.82, 2.24) is 9.13 Å². The van der Waals surface area contributed by atoms with E-state index in [1.54, 1.807) is 0 Å².